The molecule has 2 amide bonds. The Morgan fingerprint density at radius 3 is 2.52 bits per heavy atom. The Bertz CT molecular complexity index is 1340. The number of carbonyl (C=O) groups is 2. The Kier molecular flexibility index (Phi) is 9.28. The highest BCUT2D eigenvalue weighted by Gasteiger charge is 2.43. The molecule has 5 rings (SSSR count). The van der Waals surface area contributed by atoms with E-state index in [4.69, 9.17) is 4.74 Å². The number of hydrogen-bond acceptors (Lipinski definition) is 4. The number of amides is 2. The molecule has 224 valence electrons. The van der Waals surface area contributed by atoms with E-state index in [1.165, 1.54) is 11.6 Å². The van der Waals surface area contributed by atoms with E-state index in [0.717, 1.165) is 50.5 Å². The van der Waals surface area contributed by atoms with Crippen molar-refractivity contribution >= 4 is 17.5 Å². The predicted octanol–water partition coefficient (Wildman–Crippen LogP) is 6.13. The molecular formula is C35H44FN3O3. The minimum atomic E-state index is -0.517. The van der Waals surface area contributed by atoms with Crippen molar-refractivity contribution in [3.05, 3.63) is 88.8 Å². The normalized spacial score (nSPS) is 23.4. The zero-order chi connectivity index (χ0) is 29.9. The summed E-state index contributed by atoms with van der Waals surface area (Å²) < 4.78 is 20.5. The number of rotatable bonds is 6. The molecule has 2 aromatic rings. The lowest BCUT2D eigenvalue weighted by Crippen LogP contribution is -2.55. The van der Waals surface area contributed by atoms with Crippen LogP contribution in [0, 0.1) is 24.6 Å². The van der Waals surface area contributed by atoms with E-state index in [9.17, 15) is 9.59 Å². The van der Waals surface area contributed by atoms with Gasteiger partial charge in [0.05, 0.1) is 30.7 Å². The Hall–Kier alpha value is -3.29. The quantitative estimate of drug-likeness (QED) is 0.452. The van der Waals surface area contributed by atoms with Crippen LogP contribution in [0.15, 0.2) is 66.3 Å². The van der Waals surface area contributed by atoms with Crippen LogP contribution in [0.1, 0.15) is 61.5 Å². The summed E-state index contributed by atoms with van der Waals surface area (Å²) in [7, 11) is 0. The fourth-order valence-electron chi connectivity index (χ4n) is 6.49. The minimum Gasteiger partial charge on any atom is -0.379 e. The molecule has 42 heavy (non-hydrogen) atoms. The summed E-state index contributed by atoms with van der Waals surface area (Å²) in [5.41, 5.74) is 3.80. The molecule has 7 heteroatoms. The maximum atomic E-state index is 15.0. The zero-order valence-electron chi connectivity index (χ0n) is 25.4. The lowest BCUT2D eigenvalue weighted by molar-refractivity contribution is -0.123. The molecule has 2 fully saturated rings. The monoisotopic (exact) mass is 573 g/mol. The van der Waals surface area contributed by atoms with Crippen LogP contribution in [0.5, 0.6) is 0 Å². The van der Waals surface area contributed by atoms with Crippen molar-refractivity contribution in [1.82, 2.24) is 9.80 Å². The van der Waals surface area contributed by atoms with Crippen molar-refractivity contribution in [3.8, 4) is 0 Å². The molecule has 1 aliphatic carbocycles. The summed E-state index contributed by atoms with van der Waals surface area (Å²) in [6.45, 7) is 12.9. The van der Waals surface area contributed by atoms with Crippen molar-refractivity contribution in [2.24, 2.45) is 11.8 Å². The van der Waals surface area contributed by atoms with Gasteiger partial charge in [-0.25, -0.2) is 4.39 Å². The molecule has 3 aliphatic rings. The summed E-state index contributed by atoms with van der Waals surface area (Å²) in [6.07, 6.45) is 8.64. The number of piperidine rings is 1. The summed E-state index contributed by atoms with van der Waals surface area (Å²) >= 11 is 0. The fraction of sp³-hybridized carbons (Fsp3) is 0.486. The highest BCUT2D eigenvalue weighted by molar-refractivity contribution is 5.98. The largest absolute Gasteiger partial charge is 0.379 e. The first-order chi connectivity index (χ1) is 20.1. The number of benzene rings is 2. The molecule has 2 aromatic carbocycles. The average Bonchev–Trinajstić information content (AvgIpc) is 2.97. The van der Waals surface area contributed by atoms with Crippen LogP contribution in [0.3, 0.4) is 0 Å². The number of ether oxygens (including phenoxy) is 1. The van der Waals surface area contributed by atoms with Crippen LogP contribution < -0.4 is 5.32 Å². The maximum absolute atomic E-state index is 15.0. The molecule has 0 aromatic heterocycles. The van der Waals surface area contributed by atoms with Crippen LogP contribution >= 0.6 is 0 Å². The van der Waals surface area contributed by atoms with Crippen LogP contribution in [-0.4, -0.2) is 67.0 Å². The second-order valence-corrected chi connectivity index (χ2v) is 12.9. The van der Waals surface area contributed by atoms with Gasteiger partial charge in [-0.15, -0.1) is 0 Å². The Balaban J connectivity index is 1.41. The van der Waals surface area contributed by atoms with Crippen molar-refractivity contribution in [2.45, 2.75) is 58.4 Å². The van der Waals surface area contributed by atoms with Crippen LogP contribution in [0.25, 0.3) is 0 Å². The molecule has 2 heterocycles. The van der Waals surface area contributed by atoms with E-state index < -0.39 is 11.7 Å². The second-order valence-electron chi connectivity index (χ2n) is 12.9. The molecule has 2 saturated heterocycles. The van der Waals surface area contributed by atoms with Gasteiger partial charge in [-0.05, 0) is 66.5 Å². The lowest BCUT2D eigenvalue weighted by atomic mass is 9.77. The van der Waals surface area contributed by atoms with Gasteiger partial charge in [0.25, 0.3) is 5.91 Å². The number of morpholine rings is 1. The molecule has 0 radical (unpaired) electrons. The van der Waals surface area contributed by atoms with Gasteiger partial charge >= 0.3 is 0 Å². The van der Waals surface area contributed by atoms with Crippen LogP contribution in [0.4, 0.5) is 10.1 Å². The van der Waals surface area contributed by atoms with Gasteiger partial charge in [0.15, 0.2) is 0 Å². The molecule has 0 saturated carbocycles. The zero-order valence-corrected chi connectivity index (χ0v) is 25.4. The molecule has 3 atom stereocenters. The average molecular weight is 574 g/mol. The molecule has 2 unspecified atom stereocenters. The molecule has 0 spiro atoms. The third-order valence-corrected chi connectivity index (χ3v) is 8.87. The van der Waals surface area contributed by atoms with E-state index in [1.54, 1.807) is 24.0 Å². The maximum Gasteiger partial charge on any atom is 0.257 e. The highest BCUT2D eigenvalue weighted by atomic mass is 19.1. The third-order valence-electron chi connectivity index (χ3n) is 8.87. The van der Waals surface area contributed by atoms with Gasteiger partial charge in [-0.3, -0.25) is 14.5 Å². The Morgan fingerprint density at radius 2 is 1.83 bits per heavy atom. The predicted molar refractivity (Wildman–Crippen MR) is 165 cm³/mol. The van der Waals surface area contributed by atoms with Crippen molar-refractivity contribution < 1.29 is 18.7 Å². The molecule has 0 bridgehead atoms. The summed E-state index contributed by atoms with van der Waals surface area (Å²) in [5.74, 6) is -1.41. The number of allylic oxidation sites excluding steroid dienone is 1. The Morgan fingerprint density at radius 1 is 1.07 bits per heavy atom. The van der Waals surface area contributed by atoms with E-state index in [1.807, 2.05) is 18.2 Å². The van der Waals surface area contributed by atoms with Gasteiger partial charge in [-0.2, -0.15) is 0 Å². The number of aryl methyl sites for hydroxylation is 1. The van der Waals surface area contributed by atoms with Gasteiger partial charge in [0, 0.05) is 37.8 Å². The molecular weight excluding hydrogens is 529 g/mol. The lowest BCUT2D eigenvalue weighted by Gasteiger charge is -2.44. The van der Waals surface area contributed by atoms with E-state index in [2.05, 4.69) is 55.3 Å². The van der Waals surface area contributed by atoms with E-state index in [-0.39, 0.29) is 34.8 Å². The first-order valence-corrected chi connectivity index (χ1v) is 15.3. The highest BCUT2D eigenvalue weighted by Crippen LogP contribution is 2.36. The number of nitrogens with one attached hydrogen (secondary N) is 1. The number of halogens is 1. The first kappa shape index (κ1) is 30.2. The summed E-state index contributed by atoms with van der Waals surface area (Å²) in [4.78, 5) is 32.1. The molecule has 2 aliphatic heterocycles. The number of likely N-dealkylation sites (tertiary alicyclic amines) is 1. The fourth-order valence-corrected chi connectivity index (χ4v) is 6.49. The molecule has 1 N–H and O–H groups in total. The number of nitrogens with zero attached hydrogens (tertiary/aromatic N) is 2. The van der Waals surface area contributed by atoms with Gasteiger partial charge in [0.1, 0.15) is 5.82 Å². The number of carbonyl (C=O) groups excluding carboxylic acids is 2. The Labute approximate surface area is 249 Å². The summed E-state index contributed by atoms with van der Waals surface area (Å²) in [5, 5.41) is 3.17. The van der Waals surface area contributed by atoms with E-state index >= 15 is 4.39 Å². The number of anilines is 1. The van der Waals surface area contributed by atoms with Crippen molar-refractivity contribution in [2.75, 3.05) is 44.7 Å². The van der Waals surface area contributed by atoms with Crippen LogP contribution in [0.2, 0.25) is 0 Å². The first-order valence-electron chi connectivity index (χ1n) is 15.3. The van der Waals surface area contributed by atoms with Gasteiger partial charge in [0.2, 0.25) is 5.91 Å². The summed E-state index contributed by atoms with van der Waals surface area (Å²) in [6, 6.07) is 12.3. The van der Waals surface area contributed by atoms with Gasteiger partial charge in [-0.1, -0.05) is 63.3 Å². The molecule has 6 nitrogen and oxygen atoms in total. The standard InChI is InChI=1S/C35H44FN3O3/c1-24-8-5-12-30(36)31(24)34(41)39-17-7-11-29(33(40)37-28-10-6-9-27(22-28)35(2,3)4)32(39)26-15-13-25(14-16-26)23-38-18-20-42-21-19-38/h5-6,8-10,12-15,22,26,29,32H,7,11,16-21,23H2,1-4H3,(H,37,40)/t26?,29?,32-/m0/s1. The minimum absolute atomic E-state index is 0.0485. The van der Waals surface area contributed by atoms with Crippen molar-refractivity contribution in [3.63, 3.8) is 0 Å². The van der Waals surface area contributed by atoms with Crippen molar-refractivity contribution in [1.29, 1.82) is 0 Å². The smallest absolute Gasteiger partial charge is 0.257 e. The second kappa shape index (κ2) is 12.9. The topological polar surface area (TPSA) is 61.9 Å². The van der Waals surface area contributed by atoms with Gasteiger partial charge < -0.3 is 15.0 Å². The van der Waals surface area contributed by atoms with Crippen LogP contribution in [-0.2, 0) is 14.9 Å². The third kappa shape index (κ3) is 6.84. The number of hydrogen-bond donors (Lipinski definition) is 1. The SMILES string of the molecule is Cc1cccc(F)c1C(=O)N1CCCC(C(=O)Nc2cccc(C(C)(C)C)c2)[C@@H]1C1C=CC(CN2CCOCC2)=CC1. The van der Waals surface area contributed by atoms with E-state index in [0.29, 0.717) is 24.9 Å².